The van der Waals surface area contributed by atoms with Crippen molar-refractivity contribution < 1.29 is 4.52 Å². The van der Waals surface area contributed by atoms with E-state index in [1.807, 2.05) is 13.0 Å². The zero-order valence-corrected chi connectivity index (χ0v) is 9.16. The monoisotopic (exact) mass is 215 g/mol. The number of hydrogen-bond donors (Lipinski definition) is 1. The van der Waals surface area contributed by atoms with E-state index < -0.39 is 0 Å². The Morgan fingerprint density at radius 3 is 3.19 bits per heavy atom. The quantitative estimate of drug-likeness (QED) is 0.834. The summed E-state index contributed by atoms with van der Waals surface area (Å²) in [7, 11) is 0. The fourth-order valence-corrected chi connectivity index (χ4v) is 1.94. The van der Waals surface area contributed by atoms with E-state index >= 15 is 0 Å². The van der Waals surface area contributed by atoms with Gasteiger partial charge in [0.15, 0.2) is 5.82 Å². The molecule has 0 radical (unpaired) electrons. The van der Waals surface area contributed by atoms with Crippen molar-refractivity contribution in [3.05, 3.63) is 29.6 Å². The number of aromatic nitrogens is 2. The van der Waals surface area contributed by atoms with E-state index in [1.54, 1.807) is 0 Å². The summed E-state index contributed by atoms with van der Waals surface area (Å²) in [5.41, 5.74) is 3.54. The molecule has 1 aliphatic rings. The molecule has 0 aliphatic carbocycles. The second-order valence-electron chi connectivity index (χ2n) is 3.92. The third-order valence-electron chi connectivity index (χ3n) is 2.85. The molecule has 0 atom stereocenters. The number of fused-ring (bicyclic) bond motifs is 1. The Morgan fingerprint density at radius 1 is 1.44 bits per heavy atom. The van der Waals surface area contributed by atoms with Gasteiger partial charge in [-0.25, -0.2) is 0 Å². The van der Waals surface area contributed by atoms with E-state index in [1.165, 1.54) is 11.3 Å². The van der Waals surface area contributed by atoms with E-state index in [9.17, 15) is 0 Å². The van der Waals surface area contributed by atoms with Crippen molar-refractivity contribution in [2.45, 2.75) is 19.8 Å². The van der Waals surface area contributed by atoms with Gasteiger partial charge < -0.3 is 9.84 Å². The minimum atomic E-state index is 0.605. The van der Waals surface area contributed by atoms with E-state index in [4.69, 9.17) is 4.52 Å². The fraction of sp³-hybridized carbons (Fsp3) is 0.333. The van der Waals surface area contributed by atoms with E-state index in [2.05, 4.69) is 27.6 Å². The standard InChI is InChI=1S/C12H13N3O/c1-2-11-14-12(16-15-11)9-4-3-8-5-6-13-10(8)7-9/h3-4,7,13H,2,5-6H2,1H3. The molecule has 0 unspecified atom stereocenters. The third kappa shape index (κ3) is 1.46. The maximum absolute atomic E-state index is 5.21. The van der Waals surface area contributed by atoms with Crippen molar-refractivity contribution in [2.75, 3.05) is 11.9 Å². The average molecular weight is 215 g/mol. The van der Waals surface area contributed by atoms with E-state index in [0.29, 0.717) is 5.89 Å². The lowest BCUT2D eigenvalue weighted by molar-refractivity contribution is 0.423. The molecule has 1 aromatic carbocycles. The van der Waals surface area contributed by atoms with Crippen LogP contribution < -0.4 is 5.32 Å². The van der Waals surface area contributed by atoms with Crippen LogP contribution in [0.2, 0.25) is 0 Å². The lowest BCUT2D eigenvalue weighted by atomic mass is 10.1. The van der Waals surface area contributed by atoms with Crippen molar-refractivity contribution in [3.63, 3.8) is 0 Å². The largest absolute Gasteiger partial charge is 0.384 e. The molecule has 4 nitrogen and oxygen atoms in total. The Hall–Kier alpha value is -1.84. The smallest absolute Gasteiger partial charge is 0.257 e. The molecule has 16 heavy (non-hydrogen) atoms. The molecular formula is C12H13N3O. The molecule has 0 amide bonds. The van der Waals surface area contributed by atoms with Crippen molar-refractivity contribution in [1.29, 1.82) is 0 Å². The van der Waals surface area contributed by atoms with Gasteiger partial charge in [0.25, 0.3) is 5.89 Å². The molecule has 82 valence electrons. The van der Waals surface area contributed by atoms with Gasteiger partial charge in [-0.1, -0.05) is 18.1 Å². The topological polar surface area (TPSA) is 51.0 Å². The van der Waals surface area contributed by atoms with Crippen LogP contribution in [-0.4, -0.2) is 16.7 Å². The zero-order valence-electron chi connectivity index (χ0n) is 9.16. The molecule has 1 N–H and O–H groups in total. The SMILES string of the molecule is CCc1noc(-c2ccc3c(c2)NCC3)n1. The number of nitrogens with zero attached hydrogens (tertiary/aromatic N) is 2. The first-order valence-electron chi connectivity index (χ1n) is 5.56. The van der Waals surface area contributed by atoms with Crippen LogP contribution >= 0.6 is 0 Å². The highest BCUT2D eigenvalue weighted by Crippen LogP contribution is 2.27. The predicted octanol–water partition coefficient (Wildman–Crippen LogP) is 2.27. The van der Waals surface area contributed by atoms with Crippen LogP contribution in [0.4, 0.5) is 5.69 Å². The third-order valence-corrected chi connectivity index (χ3v) is 2.85. The van der Waals surface area contributed by atoms with Gasteiger partial charge >= 0.3 is 0 Å². The molecule has 1 aromatic heterocycles. The molecular weight excluding hydrogens is 202 g/mol. The van der Waals surface area contributed by atoms with Crippen LogP contribution in [-0.2, 0) is 12.8 Å². The van der Waals surface area contributed by atoms with Crippen molar-refractivity contribution >= 4 is 5.69 Å². The minimum absolute atomic E-state index is 0.605. The van der Waals surface area contributed by atoms with Gasteiger partial charge in [-0.15, -0.1) is 0 Å². The van der Waals surface area contributed by atoms with Crippen molar-refractivity contribution in [3.8, 4) is 11.5 Å². The normalized spacial score (nSPS) is 13.6. The Kier molecular flexibility index (Phi) is 2.13. The van der Waals surface area contributed by atoms with Gasteiger partial charge in [-0.3, -0.25) is 0 Å². The zero-order chi connectivity index (χ0) is 11.0. The highest BCUT2D eigenvalue weighted by atomic mass is 16.5. The summed E-state index contributed by atoms with van der Waals surface area (Å²) < 4.78 is 5.21. The highest BCUT2D eigenvalue weighted by Gasteiger charge is 2.13. The van der Waals surface area contributed by atoms with Crippen molar-refractivity contribution in [1.82, 2.24) is 10.1 Å². The lowest BCUT2D eigenvalue weighted by Crippen LogP contribution is -1.91. The molecule has 2 aromatic rings. The first kappa shape index (κ1) is 9.39. The minimum Gasteiger partial charge on any atom is -0.384 e. The number of benzene rings is 1. The van der Waals surface area contributed by atoms with Gasteiger partial charge in [-0.2, -0.15) is 4.98 Å². The lowest BCUT2D eigenvalue weighted by Gasteiger charge is -2.00. The number of hydrogen-bond acceptors (Lipinski definition) is 4. The fourth-order valence-electron chi connectivity index (χ4n) is 1.94. The molecule has 0 bridgehead atoms. The molecule has 3 rings (SSSR count). The molecule has 0 saturated heterocycles. The second-order valence-corrected chi connectivity index (χ2v) is 3.92. The van der Waals surface area contributed by atoms with E-state index in [0.717, 1.165) is 30.8 Å². The van der Waals surface area contributed by atoms with Gasteiger partial charge in [0, 0.05) is 24.2 Å². The number of anilines is 1. The summed E-state index contributed by atoms with van der Waals surface area (Å²) in [6.45, 7) is 3.03. The summed E-state index contributed by atoms with van der Waals surface area (Å²) >= 11 is 0. The van der Waals surface area contributed by atoms with Gasteiger partial charge in [0.2, 0.25) is 0 Å². The summed E-state index contributed by atoms with van der Waals surface area (Å²) in [6, 6.07) is 6.24. The molecule has 0 fully saturated rings. The first-order valence-corrected chi connectivity index (χ1v) is 5.56. The van der Waals surface area contributed by atoms with Crippen LogP contribution in [0, 0.1) is 0 Å². The Morgan fingerprint density at radius 2 is 2.38 bits per heavy atom. The number of aryl methyl sites for hydroxylation is 1. The van der Waals surface area contributed by atoms with Gasteiger partial charge in [0.1, 0.15) is 0 Å². The second kappa shape index (κ2) is 3.63. The Labute approximate surface area is 93.7 Å². The average Bonchev–Trinajstić information content (AvgIpc) is 2.96. The van der Waals surface area contributed by atoms with Crippen LogP contribution in [0.25, 0.3) is 11.5 Å². The Bertz CT molecular complexity index is 519. The molecule has 2 heterocycles. The van der Waals surface area contributed by atoms with E-state index in [-0.39, 0.29) is 0 Å². The molecule has 4 heteroatoms. The van der Waals surface area contributed by atoms with Crippen molar-refractivity contribution in [2.24, 2.45) is 0 Å². The predicted molar refractivity (Wildman–Crippen MR) is 61.3 cm³/mol. The van der Waals surface area contributed by atoms with Crippen LogP contribution in [0.3, 0.4) is 0 Å². The summed E-state index contributed by atoms with van der Waals surface area (Å²) in [5, 5.41) is 7.24. The van der Waals surface area contributed by atoms with Gasteiger partial charge in [-0.05, 0) is 24.1 Å². The maximum Gasteiger partial charge on any atom is 0.257 e. The van der Waals surface area contributed by atoms with Crippen LogP contribution in [0.1, 0.15) is 18.3 Å². The maximum atomic E-state index is 5.21. The Balaban J connectivity index is 2.00. The first-order chi connectivity index (χ1) is 7.86. The molecule has 1 aliphatic heterocycles. The number of nitrogens with one attached hydrogen (secondary N) is 1. The van der Waals surface area contributed by atoms with Crippen LogP contribution in [0.5, 0.6) is 0 Å². The van der Waals surface area contributed by atoms with Crippen LogP contribution in [0.15, 0.2) is 22.7 Å². The van der Waals surface area contributed by atoms with Gasteiger partial charge in [0.05, 0.1) is 0 Å². The highest BCUT2D eigenvalue weighted by molar-refractivity contribution is 5.66. The summed E-state index contributed by atoms with van der Waals surface area (Å²) in [5.74, 6) is 1.36. The molecule has 0 saturated carbocycles. The molecule has 0 spiro atoms. The summed E-state index contributed by atoms with van der Waals surface area (Å²) in [4.78, 5) is 4.32. The summed E-state index contributed by atoms with van der Waals surface area (Å²) in [6.07, 6.45) is 1.90. The number of rotatable bonds is 2.